The maximum atomic E-state index is 5.01. The third-order valence-electron chi connectivity index (χ3n) is 2.80. The zero-order valence-corrected chi connectivity index (χ0v) is 9.67. The van der Waals surface area contributed by atoms with E-state index in [4.69, 9.17) is 4.74 Å². The maximum absolute atomic E-state index is 5.01. The van der Waals surface area contributed by atoms with Crippen LogP contribution < -0.4 is 10.6 Å². The van der Waals surface area contributed by atoms with E-state index in [2.05, 4.69) is 34.9 Å². The molecule has 2 N–H and O–H groups in total. The summed E-state index contributed by atoms with van der Waals surface area (Å²) in [6.07, 6.45) is 2.51. The Morgan fingerprint density at radius 1 is 1.00 bits per heavy atom. The van der Waals surface area contributed by atoms with Crippen molar-refractivity contribution >= 4 is 5.69 Å². The Balaban J connectivity index is 0.000000138. The first-order valence-corrected chi connectivity index (χ1v) is 6.07. The van der Waals surface area contributed by atoms with Crippen LogP contribution in [0.3, 0.4) is 0 Å². The largest absolute Gasteiger partial charge is 0.385 e. The average molecular weight is 220 g/mol. The van der Waals surface area contributed by atoms with Crippen molar-refractivity contribution < 1.29 is 4.74 Å². The molecule has 0 spiro atoms. The summed E-state index contributed by atoms with van der Waals surface area (Å²) in [6, 6.07) is 8.53. The standard InChI is InChI=1S/C9H11N.C4H9NO/c1-2-6-9-8(4-1)5-3-7-10-9;1-3-6-4-2-5-1/h1-2,4,6,10H,3,5,7H2;5H,1-4H2. The predicted octanol–water partition coefficient (Wildman–Crippen LogP) is 1.65. The van der Waals surface area contributed by atoms with Gasteiger partial charge in [0.05, 0.1) is 13.2 Å². The summed E-state index contributed by atoms with van der Waals surface area (Å²) in [5.41, 5.74) is 2.79. The van der Waals surface area contributed by atoms with E-state index in [9.17, 15) is 0 Å². The zero-order chi connectivity index (χ0) is 11.1. The Bertz CT molecular complexity index is 274. The molecule has 3 heteroatoms. The monoisotopic (exact) mass is 220 g/mol. The van der Waals surface area contributed by atoms with Gasteiger partial charge in [-0.05, 0) is 24.5 Å². The fourth-order valence-corrected chi connectivity index (χ4v) is 1.93. The number of fused-ring (bicyclic) bond motifs is 1. The number of anilines is 1. The van der Waals surface area contributed by atoms with E-state index in [1.807, 2.05) is 0 Å². The van der Waals surface area contributed by atoms with Crippen LogP contribution in [0.5, 0.6) is 0 Å². The van der Waals surface area contributed by atoms with Gasteiger partial charge in [0.25, 0.3) is 0 Å². The molecular weight excluding hydrogens is 200 g/mol. The lowest BCUT2D eigenvalue weighted by Crippen LogP contribution is -2.30. The van der Waals surface area contributed by atoms with E-state index in [-0.39, 0.29) is 0 Å². The van der Waals surface area contributed by atoms with Crippen LogP contribution in [0.15, 0.2) is 24.3 Å². The second-order valence-corrected chi connectivity index (χ2v) is 4.05. The minimum Gasteiger partial charge on any atom is -0.385 e. The smallest absolute Gasteiger partial charge is 0.0591 e. The number of ether oxygens (including phenoxy) is 1. The third kappa shape index (κ3) is 3.51. The summed E-state index contributed by atoms with van der Waals surface area (Å²) < 4.78 is 5.01. The Hall–Kier alpha value is -1.06. The van der Waals surface area contributed by atoms with Crippen molar-refractivity contribution in [3.63, 3.8) is 0 Å². The fraction of sp³-hybridized carbons (Fsp3) is 0.538. The molecular formula is C13H20N2O. The number of hydrogen-bond acceptors (Lipinski definition) is 3. The van der Waals surface area contributed by atoms with Gasteiger partial charge in [0.2, 0.25) is 0 Å². The number of rotatable bonds is 0. The molecule has 0 aliphatic carbocycles. The second-order valence-electron chi connectivity index (χ2n) is 4.05. The topological polar surface area (TPSA) is 33.3 Å². The number of hydrogen-bond donors (Lipinski definition) is 2. The Kier molecular flexibility index (Phi) is 4.65. The molecule has 3 rings (SSSR count). The van der Waals surface area contributed by atoms with E-state index < -0.39 is 0 Å². The first-order chi connectivity index (χ1) is 7.97. The molecule has 0 saturated carbocycles. The van der Waals surface area contributed by atoms with Crippen LogP contribution in [-0.4, -0.2) is 32.8 Å². The Morgan fingerprint density at radius 2 is 1.81 bits per heavy atom. The SMILES string of the molecule is C1COCCN1.c1ccc2c(c1)CCCN2. The highest BCUT2D eigenvalue weighted by Crippen LogP contribution is 2.20. The molecule has 0 radical (unpaired) electrons. The van der Waals surface area contributed by atoms with Crippen molar-refractivity contribution in [1.82, 2.24) is 5.32 Å². The van der Waals surface area contributed by atoms with Gasteiger partial charge in [0, 0.05) is 25.3 Å². The van der Waals surface area contributed by atoms with Gasteiger partial charge in [0.15, 0.2) is 0 Å². The molecule has 0 amide bonds. The lowest BCUT2D eigenvalue weighted by Gasteiger charge is -2.16. The molecule has 16 heavy (non-hydrogen) atoms. The molecule has 2 aliphatic heterocycles. The van der Waals surface area contributed by atoms with Gasteiger partial charge in [0.1, 0.15) is 0 Å². The quantitative estimate of drug-likeness (QED) is 0.697. The summed E-state index contributed by atoms with van der Waals surface area (Å²) in [7, 11) is 0. The highest BCUT2D eigenvalue weighted by molar-refractivity contribution is 5.52. The molecule has 1 saturated heterocycles. The Labute approximate surface area is 97.2 Å². The molecule has 2 aliphatic rings. The van der Waals surface area contributed by atoms with Gasteiger partial charge in [-0.25, -0.2) is 0 Å². The van der Waals surface area contributed by atoms with Crippen LogP contribution in [0, 0.1) is 0 Å². The van der Waals surface area contributed by atoms with Crippen LogP contribution >= 0.6 is 0 Å². The molecule has 2 heterocycles. The van der Waals surface area contributed by atoms with Crippen LogP contribution in [0.1, 0.15) is 12.0 Å². The van der Waals surface area contributed by atoms with Gasteiger partial charge in [-0.2, -0.15) is 0 Å². The van der Waals surface area contributed by atoms with Gasteiger partial charge in [-0.3, -0.25) is 0 Å². The average Bonchev–Trinajstić information content (AvgIpc) is 2.42. The van der Waals surface area contributed by atoms with Crippen LogP contribution in [0.2, 0.25) is 0 Å². The van der Waals surface area contributed by atoms with Crippen LogP contribution in [0.4, 0.5) is 5.69 Å². The van der Waals surface area contributed by atoms with Crippen LogP contribution in [0.25, 0.3) is 0 Å². The fourth-order valence-electron chi connectivity index (χ4n) is 1.93. The number of benzene rings is 1. The third-order valence-corrected chi connectivity index (χ3v) is 2.80. The molecule has 0 aromatic heterocycles. The van der Waals surface area contributed by atoms with Crippen molar-refractivity contribution in [3.05, 3.63) is 29.8 Å². The summed E-state index contributed by atoms with van der Waals surface area (Å²) in [4.78, 5) is 0. The van der Waals surface area contributed by atoms with Crippen molar-refractivity contribution in [2.75, 3.05) is 38.2 Å². The molecule has 0 atom stereocenters. The number of aryl methyl sites for hydroxylation is 1. The number of nitrogens with one attached hydrogen (secondary N) is 2. The molecule has 1 aromatic rings. The zero-order valence-electron chi connectivity index (χ0n) is 9.67. The molecule has 1 fully saturated rings. The van der Waals surface area contributed by atoms with E-state index in [1.165, 1.54) is 24.1 Å². The molecule has 1 aromatic carbocycles. The first kappa shape index (κ1) is 11.4. The normalized spacial score (nSPS) is 18.8. The lowest BCUT2D eigenvalue weighted by molar-refractivity contribution is 0.109. The van der Waals surface area contributed by atoms with Crippen molar-refractivity contribution in [1.29, 1.82) is 0 Å². The predicted molar refractivity (Wildman–Crippen MR) is 66.9 cm³/mol. The van der Waals surface area contributed by atoms with Gasteiger partial charge < -0.3 is 15.4 Å². The highest BCUT2D eigenvalue weighted by atomic mass is 16.5. The van der Waals surface area contributed by atoms with E-state index in [0.29, 0.717) is 0 Å². The minimum absolute atomic E-state index is 0.889. The molecule has 0 unspecified atom stereocenters. The maximum Gasteiger partial charge on any atom is 0.0591 e. The number of para-hydroxylation sites is 1. The molecule has 88 valence electrons. The second kappa shape index (κ2) is 6.51. The Morgan fingerprint density at radius 3 is 2.44 bits per heavy atom. The van der Waals surface area contributed by atoms with Gasteiger partial charge >= 0.3 is 0 Å². The summed E-state index contributed by atoms with van der Waals surface area (Å²) in [6.45, 7) is 4.97. The summed E-state index contributed by atoms with van der Waals surface area (Å²) in [5.74, 6) is 0. The van der Waals surface area contributed by atoms with Crippen molar-refractivity contribution in [2.45, 2.75) is 12.8 Å². The lowest BCUT2D eigenvalue weighted by atomic mass is 10.0. The van der Waals surface area contributed by atoms with E-state index >= 15 is 0 Å². The van der Waals surface area contributed by atoms with E-state index in [1.54, 1.807) is 0 Å². The highest BCUT2D eigenvalue weighted by Gasteiger charge is 2.04. The van der Waals surface area contributed by atoms with E-state index in [0.717, 1.165) is 32.8 Å². The van der Waals surface area contributed by atoms with Crippen LogP contribution in [-0.2, 0) is 11.2 Å². The molecule has 3 nitrogen and oxygen atoms in total. The summed E-state index contributed by atoms with van der Waals surface area (Å²) in [5, 5.41) is 6.52. The van der Waals surface area contributed by atoms with Gasteiger partial charge in [-0.15, -0.1) is 0 Å². The van der Waals surface area contributed by atoms with Crippen molar-refractivity contribution in [3.8, 4) is 0 Å². The summed E-state index contributed by atoms with van der Waals surface area (Å²) >= 11 is 0. The van der Waals surface area contributed by atoms with Crippen molar-refractivity contribution in [2.24, 2.45) is 0 Å². The minimum atomic E-state index is 0.889. The first-order valence-electron chi connectivity index (χ1n) is 6.07. The molecule has 0 bridgehead atoms. The number of morpholine rings is 1. The van der Waals surface area contributed by atoms with Gasteiger partial charge in [-0.1, -0.05) is 18.2 Å².